The van der Waals surface area contributed by atoms with Gasteiger partial charge in [-0.05, 0) is 36.1 Å². The molecule has 102 valence electrons. The van der Waals surface area contributed by atoms with E-state index in [4.69, 9.17) is 11.6 Å². The number of carbonyl (C=O) groups excluding carboxylic acids is 1. The van der Waals surface area contributed by atoms with Crippen molar-refractivity contribution in [3.05, 3.63) is 70.8 Å². The third kappa shape index (κ3) is 2.32. The van der Waals surface area contributed by atoms with Crippen molar-refractivity contribution >= 4 is 17.5 Å². The van der Waals surface area contributed by atoms with Gasteiger partial charge in [-0.1, -0.05) is 42.5 Å². The van der Waals surface area contributed by atoms with Crippen LogP contribution in [0.5, 0.6) is 0 Å². The van der Waals surface area contributed by atoms with Gasteiger partial charge in [0.1, 0.15) is 0 Å². The van der Waals surface area contributed by atoms with Crippen LogP contribution in [0, 0.1) is 6.92 Å². The molecule has 2 nitrogen and oxygen atoms in total. The maximum atomic E-state index is 12.4. The molecule has 20 heavy (non-hydrogen) atoms. The van der Waals surface area contributed by atoms with E-state index in [0.29, 0.717) is 5.56 Å². The number of benzene rings is 2. The molecule has 3 rings (SSSR count). The number of aryl methyl sites for hydroxylation is 1. The molecule has 2 unspecified atom stereocenters. The van der Waals surface area contributed by atoms with E-state index in [1.807, 2.05) is 49.4 Å². The zero-order valence-corrected chi connectivity index (χ0v) is 12.0. The van der Waals surface area contributed by atoms with Crippen molar-refractivity contribution in [1.82, 2.24) is 5.32 Å². The lowest BCUT2D eigenvalue weighted by Crippen LogP contribution is -2.32. The van der Waals surface area contributed by atoms with Crippen LogP contribution in [0.15, 0.2) is 48.5 Å². The monoisotopic (exact) mass is 285 g/mol. The summed E-state index contributed by atoms with van der Waals surface area (Å²) in [5.41, 5.74) is 4.04. The first kappa shape index (κ1) is 13.2. The van der Waals surface area contributed by atoms with Crippen LogP contribution in [-0.4, -0.2) is 11.3 Å². The highest BCUT2D eigenvalue weighted by atomic mass is 35.5. The van der Waals surface area contributed by atoms with Crippen LogP contribution >= 0.6 is 11.6 Å². The summed E-state index contributed by atoms with van der Waals surface area (Å²) in [4.78, 5) is 12.4. The molecule has 0 heterocycles. The topological polar surface area (TPSA) is 29.1 Å². The normalized spacial score (nSPS) is 20.5. The zero-order valence-electron chi connectivity index (χ0n) is 11.3. The zero-order chi connectivity index (χ0) is 14.1. The van der Waals surface area contributed by atoms with E-state index in [0.717, 1.165) is 17.5 Å². The molecular weight excluding hydrogens is 270 g/mol. The molecule has 2 atom stereocenters. The third-order valence-electron chi connectivity index (χ3n) is 3.84. The Bertz CT molecular complexity index is 653. The van der Waals surface area contributed by atoms with E-state index in [1.165, 1.54) is 5.56 Å². The highest BCUT2D eigenvalue weighted by molar-refractivity contribution is 6.21. The Morgan fingerprint density at radius 3 is 2.65 bits per heavy atom. The summed E-state index contributed by atoms with van der Waals surface area (Å²) in [6, 6.07) is 15.6. The Hall–Kier alpha value is -1.80. The maximum Gasteiger partial charge on any atom is 0.252 e. The first-order valence-corrected chi connectivity index (χ1v) is 7.19. The smallest absolute Gasteiger partial charge is 0.252 e. The van der Waals surface area contributed by atoms with E-state index in [9.17, 15) is 4.79 Å². The van der Waals surface area contributed by atoms with Crippen LogP contribution < -0.4 is 5.32 Å². The second kappa shape index (κ2) is 5.29. The molecular formula is C17H16ClNO. The van der Waals surface area contributed by atoms with Gasteiger partial charge in [0.05, 0.1) is 11.4 Å². The number of fused-ring (bicyclic) bond motifs is 1. The van der Waals surface area contributed by atoms with Crippen molar-refractivity contribution in [3.8, 4) is 0 Å². The van der Waals surface area contributed by atoms with E-state index >= 15 is 0 Å². The number of halogens is 1. The van der Waals surface area contributed by atoms with Gasteiger partial charge in [-0.25, -0.2) is 0 Å². The van der Waals surface area contributed by atoms with Gasteiger partial charge in [-0.2, -0.15) is 0 Å². The number of hydrogen-bond acceptors (Lipinski definition) is 1. The molecule has 0 aliphatic heterocycles. The van der Waals surface area contributed by atoms with Crippen LogP contribution in [-0.2, 0) is 6.42 Å². The quantitative estimate of drug-likeness (QED) is 0.839. The fraction of sp³-hybridized carbons (Fsp3) is 0.235. The summed E-state index contributed by atoms with van der Waals surface area (Å²) >= 11 is 6.40. The summed E-state index contributed by atoms with van der Waals surface area (Å²) in [5.74, 6) is -0.0598. The van der Waals surface area contributed by atoms with Crippen molar-refractivity contribution in [3.63, 3.8) is 0 Å². The van der Waals surface area contributed by atoms with E-state index in [-0.39, 0.29) is 17.3 Å². The third-order valence-corrected chi connectivity index (χ3v) is 4.25. The Morgan fingerprint density at radius 2 is 1.85 bits per heavy atom. The minimum absolute atomic E-state index is 0.0598. The van der Waals surface area contributed by atoms with Crippen LogP contribution in [0.1, 0.15) is 33.1 Å². The van der Waals surface area contributed by atoms with Crippen LogP contribution in [0.25, 0.3) is 0 Å². The molecule has 2 aromatic rings. The molecule has 0 bridgehead atoms. The van der Waals surface area contributed by atoms with E-state index < -0.39 is 0 Å². The summed E-state index contributed by atoms with van der Waals surface area (Å²) in [7, 11) is 0. The van der Waals surface area contributed by atoms with Crippen molar-refractivity contribution in [2.24, 2.45) is 0 Å². The molecule has 1 amide bonds. The predicted octanol–water partition coefficient (Wildman–Crippen LogP) is 3.63. The largest absolute Gasteiger partial charge is 0.344 e. The second-order valence-electron chi connectivity index (χ2n) is 5.18. The summed E-state index contributed by atoms with van der Waals surface area (Å²) in [6.07, 6.45) is 0.802. The fourth-order valence-electron chi connectivity index (χ4n) is 2.76. The number of alkyl halides is 1. The predicted molar refractivity (Wildman–Crippen MR) is 81.2 cm³/mol. The first-order chi connectivity index (χ1) is 9.66. The molecule has 1 N–H and O–H groups in total. The number of amides is 1. The Morgan fingerprint density at radius 1 is 1.15 bits per heavy atom. The molecule has 1 aliphatic rings. The Labute approximate surface area is 123 Å². The van der Waals surface area contributed by atoms with Gasteiger partial charge in [0, 0.05) is 5.56 Å². The lowest BCUT2D eigenvalue weighted by molar-refractivity contribution is 0.0936. The summed E-state index contributed by atoms with van der Waals surface area (Å²) in [6.45, 7) is 1.94. The van der Waals surface area contributed by atoms with Gasteiger partial charge in [0.25, 0.3) is 5.91 Å². The molecule has 1 aliphatic carbocycles. The van der Waals surface area contributed by atoms with E-state index in [2.05, 4.69) is 11.4 Å². The minimum atomic E-state index is -0.111. The standard InChI is InChI=1S/C17H16ClNO/c1-11-6-2-4-8-13(11)17(20)19-16-14-9-5-3-7-12(14)10-15(16)18/h2-9,15-16H,10H2,1H3,(H,19,20). The van der Waals surface area contributed by atoms with Crippen LogP contribution in [0.4, 0.5) is 0 Å². The number of nitrogens with one attached hydrogen (secondary N) is 1. The van der Waals surface area contributed by atoms with Crippen molar-refractivity contribution in [1.29, 1.82) is 0 Å². The minimum Gasteiger partial charge on any atom is -0.344 e. The molecule has 0 fully saturated rings. The Kier molecular flexibility index (Phi) is 3.49. The SMILES string of the molecule is Cc1ccccc1C(=O)NC1c2ccccc2CC1Cl. The van der Waals surface area contributed by atoms with E-state index in [1.54, 1.807) is 0 Å². The molecule has 2 aromatic carbocycles. The van der Waals surface area contributed by atoms with Gasteiger partial charge in [0.2, 0.25) is 0 Å². The lowest BCUT2D eigenvalue weighted by atomic mass is 10.1. The lowest BCUT2D eigenvalue weighted by Gasteiger charge is -2.18. The molecule has 0 saturated carbocycles. The average Bonchev–Trinajstić information content (AvgIpc) is 2.76. The van der Waals surface area contributed by atoms with Gasteiger partial charge in [-0.3, -0.25) is 4.79 Å². The Balaban J connectivity index is 1.85. The summed E-state index contributed by atoms with van der Waals surface area (Å²) in [5, 5.41) is 2.99. The molecule has 0 radical (unpaired) electrons. The molecule has 0 spiro atoms. The van der Waals surface area contributed by atoms with Crippen molar-refractivity contribution < 1.29 is 4.79 Å². The van der Waals surface area contributed by atoms with Crippen LogP contribution in [0.3, 0.4) is 0 Å². The van der Waals surface area contributed by atoms with Gasteiger partial charge in [0.15, 0.2) is 0 Å². The number of hydrogen-bond donors (Lipinski definition) is 1. The highest BCUT2D eigenvalue weighted by Gasteiger charge is 2.32. The van der Waals surface area contributed by atoms with Gasteiger partial charge < -0.3 is 5.32 Å². The fourth-order valence-corrected chi connectivity index (χ4v) is 3.13. The van der Waals surface area contributed by atoms with Crippen LogP contribution in [0.2, 0.25) is 0 Å². The number of carbonyl (C=O) groups is 1. The summed E-state index contributed by atoms with van der Waals surface area (Å²) < 4.78 is 0. The maximum absolute atomic E-state index is 12.4. The van der Waals surface area contributed by atoms with Gasteiger partial charge >= 0.3 is 0 Å². The van der Waals surface area contributed by atoms with Gasteiger partial charge in [-0.15, -0.1) is 11.6 Å². The van der Waals surface area contributed by atoms with Crippen molar-refractivity contribution in [2.45, 2.75) is 24.8 Å². The average molecular weight is 286 g/mol. The second-order valence-corrected chi connectivity index (χ2v) is 5.75. The highest BCUT2D eigenvalue weighted by Crippen LogP contribution is 2.34. The number of rotatable bonds is 2. The first-order valence-electron chi connectivity index (χ1n) is 6.75. The van der Waals surface area contributed by atoms with Crippen molar-refractivity contribution in [2.75, 3.05) is 0 Å². The molecule has 3 heteroatoms. The molecule has 0 saturated heterocycles. The molecule has 0 aromatic heterocycles.